The molecule has 15 heavy (non-hydrogen) atoms. The first-order chi connectivity index (χ1) is 6.99. The van der Waals surface area contributed by atoms with E-state index < -0.39 is 0 Å². The van der Waals surface area contributed by atoms with Crippen LogP contribution >= 0.6 is 0 Å². The Balaban J connectivity index is 2.29. The fraction of sp³-hybridized carbons (Fsp3) is 0.846. The van der Waals surface area contributed by atoms with Crippen LogP contribution in [0.1, 0.15) is 33.6 Å². The van der Waals surface area contributed by atoms with Crippen molar-refractivity contribution in [2.45, 2.75) is 45.7 Å². The van der Waals surface area contributed by atoms with Crippen molar-refractivity contribution in [3.63, 3.8) is 0 Å². The largest absolute Gasteiger partial charge is 0.324 e. The average Bonchev–Trinajstić information content (AvgIpc) is 2.50. The van der Waals surface area contributed by atoms with Gasteiger partial charge in [0.1, 0.15) is 0 Å². The molecule has 0 fully saturated rings. The first kappa shape index (κ1) is 12.7. The van der Waals surface area contributed by atoms with Crippen molar-refractivity contribution >= 4 is 0 Å². The smallest absolute Gasteiger partial charge is 0.0229 e. The van der Waals surface area contributed by atoms with Crippen LogP contribution in [0.25, 0.3) is 0 Å². The lowest BCUT2D eigenvalue weighted by Crippen LogP contribution is -2.34. The van der Waals surface area contributed by atoms with Gasteiger partial charge < -0.3 is 10.6 Å². The van der Waals surface area contributed by atoms with E-state index in [9.17, 15) is 0 Å². The van der Waals surface area contributed by atoms with E-state index in [1.807, 2.05) is 0 Å². The number of hydrogen-bond acceptors (Lipinski definition) is 2. The molecular formula is C13H26N2. The van der Waals surface area contributed by atoms with Crippen molar-refractivity contribution in [3.8, 4) is 0 Å². The number of rotatable bonds is 5. The van der Waals surface area contributed by atoms with Gasteiger partial charge >= 0.3 is 0 Å². The zero-order valence-electron chi connectivity index (χ0n) is 10.6. The molecule has 2 heteroatoms. The minimum atomic E-state index is 0.295. The van der Waals surface area contributed by atoms with Crippen molar-refractivity contribution < 1.29 is 0 Å². The zero-order valence-corrected chi connectivity index (χ0v) is 10.6. The van der Waals surface area contributed by atoms with Crippen molar-refractivity contribution in [2.75, 3.05) is 13.6 Å². The Morgan fingerprint density at radius 2 is 2.00 bits per heavy atom. The summed E-state index contributed by atoms with van der Waals surface area (Å²) in [6.07, 6.45) is 6.83. The zero-order chi connectivity index (χ0) is 11.4. The summed E-state index contributed by atoms with van der Waals surface area (Å²) < 4.78 is 0. The summed E-state index contributed by atoms with van der Waals surface area (Å²) >= 11 is 0. The van der Waals surface area contributed by atoms with E-state index in [1.165, 1.54) is 6.42 Å². The molecule has 3 unspecified atom stereocenters. The fourth-order valence-electron chi connectivity index (χ4n) is 2.35. The van der Waals surface area contributed by atoms with E-state index in [1.54, 1.807) is 0 Å². The molecule has 1 rings (SSSR count). The van der Waals surface area contributed by atoms with Gasteiger partial charge in [0.25, 0.3) is 0 Å². The van der Waals surface area contributed by atoms with Crippen LogP contribution in [-0.4, -0.2) is 30.6 Å². The predicted octanol–water partition coefficient (Wildman–Crippen LogP) is 2.26. The van der Waals surface area contributed by atoms with E-state index >= 15 is 0 Å². The second-order valence-corrected chi connectivity index (χ2v) is 5.46. The molecule has 2 nitrogen and oxygen atoms in total. The molecule has 0 aromatic heterocycles. The highest BCUT2D eigenvalue weighted by molar-refractivity contribution is 5.05. The van der Waals surface area contributed by atoms with Crippen molar-refractivity contribution in [1.29, 1.82) is 0 Å². The predicted molar refractivity (Wildman–Crippen MR) is 66.8 cm³/mol. The van der Waals surface area contributed by atoms with E-state index in [0.717, 1.165) is 18.9 Å². The lowest BCUT2D eigenvalue weighted by molar-refractivity contribution is 0.207. The molecule has 0 radical (unpaired) electrons. The highest BCUT2D eigenvalue weighted by Crippen LogP contribution is 2.19. The minimum absolute atomic E-state index is 0.295. The van der Waals surface area contributed by atoms with E-state index in [4.69, 9.17) is 5.73 Å². The molecule has 3 atom stereocenters. The summed E-state index contributed by atoms with van der Waals surface area (Å²) in [6.45, 7) is 8.04. The summed E-state index contributed by atoms with van der Waals surface area (Å²) in [7, 11) is 2.23. The Bertz CT molecular complexity index is 211. The standard InChI is InChI=1S/C13H26N2/c1-10(2)7-11(3)15(4)9-12-5-6-13(14)8-12/h5-6,10-13H,7-9,14H2,1-4H3. The number of hydrogen-bond donors (Lipinski definition) is 1. The molecule has 0 aliphatic heterocycles. The molecule has 0 aromatic rings. The normalized spacial score (nSPS) is 27.9. The van der Waals surface area contributed by atoms with E-state index in [-0.39, 0.29) is 0 Å². The number of nitrogens with two attached hydrogens (primary N) is 1. The second kappa shape index (κ2) is 5.66. The first-order valence-electron chi connectivity index (χ1n) is 6.13. The Morgan fingerprint density at radius 1 is 1.33 bits per heavy atom. The lowest BCUT2D eigenvalue weighted by atomic mass is 10.0. The second-order valence-electron chi connectivity index (χ2n) is 5.46. The van der Waals surface area contributed by atoms with Crippen LogP contribution in [0, 0.1) is 11.8 Å². The highest BCUT2D eigenvalue weighted by atomic mass is 15.1. The molecule has 1 aliphatic carbocycles. The van der Waals surface area contributed by atoms with Gasteiger partial charge in [-0.25, -0.2) is 0 Å². The van der Waals surface area contributed by atoms with Gasteiger partial charge in [-0.05, 0) is 38.6 Å². The van der Waals surface area contributed by atoms with Crippen LogP contribution in [0.3, 0.4) is 0 Å². The Kier molecular flexibility index (Phi) is 4.81. The third-order valence-corrected chi connectivity index (χ3v) is 3.29. The summed E-state index contributed by atoms with van der Waals surface area (Å²) in [5, 5.41) is 0. The van der Waals surface area contributed by atoms with Gasteiger partial charge in [-0.3, -0.25) is 0 Å². The Labute approximate surface area is 94.5 Å². The summed E-state index contributed by atoms with van der Waals surface area (Å²) in [6, 6.07) is 0.971. The van der Waals surface area contributed by atoms with Gasteiger partial charge in [0, 0.05) is 18.6 Å². The van der Waals surface area contributed by atoms with Gasteiger partial charge in [0.2, 0.25) is 0 Å². The molecule has 0 saturated heterocycles. The topological polar surface area (TPSA) is 29.3 Å². The quantitative estimate of drug-likeness (QED) is 0.705. The van der Waals surface area contributed by atoms with Gasteiger partial charge in [-0.15, -0.1) is 0 Å². The maximum atomic E-state index is 5.85. The Morgan fingerprint density at radius 3 is 2.47 bits per heavy atom. The van der Waals surface area contributed by atoms with Crippen LogP contribution in [0.4, 0.5) is 0 Å². The van der Waals surface area contributed by atoms with Crippen molar-refractivity contribution in [2.24, 2.45) is 17.6 Å². The molecule has 0 heterocycles. The van der Waals surface area contributed by atoms with Crippen molar-refractivity contribution in [3.05, 3.63) is 12.2 Å². The summed E-state index contributed by atoms with van der Waals surface area (Å²) in [5.41, 5.74) is 5.85. The van der Waals surface area contributed by atoms with Crippen LogP contribution in [0.2, 0.25) is 0 Å². The molecule has 2 N–H and O–H groups in total. The maximum Gasteiger partial charge on any atom is 0.0229 e. The molecule has 0 bridgehead atoms. The third-order valence-electron chi connectivity index (χ3n) is 3.29. The van der Waals surface area contributed by atoms with Crippen LogP contribution in [0.15, 0.2) is 12.2 Å². The van der Waals surface area contributed by atoms with Crippen LogP contribution < -0.4 is 5.73 Å². The van der Waals surface area contributed by atoms with Gasteiger partial charge in [0.05, 0.1) is 0 Å². The summed E-state index contributed by atoms with van der Waals surface area (Å²) in [5.74, 6) is 1.45. The molecule has 0 spiro atoms. The van der Waals surface area contributed by atoms with Crippen molar-refractivity contribution in [1.82, 2.24) is 4.90 Å². The highest BCUT2D eigenvalue weighted by Gasteiger charge is 2.19. The van der Waals surface area contributed by atoms with E-state index in [2.05, 4.69) is 44.9 Å². The van der Waals surface area contributed by atoms with Gasteiger partial charge in [-0.2, -0.15) is 0 Å². The molecule has 88 valence electrons. The molecule has 0 amide bonds. The average molecular weight is 210 g/mol. The molecule has 0 saturated carbocycles. The van der Waals surface area contributed by atoms with Gasteiger partial charge in [0.15, 0.2) is 0 Å². The fourth-order valence-corrected chi connectivity index (χ4v) is 2.35. The van der Waals surface area contributed by atoms with Crippen LogP contribution in [0.5, 0.6) is 0 Å². The number of nitrogens with zero attached hydrogens (tertiary/aromatic N) is 1. The SMILES string of the molecule is CC(C)CC(C)N(C)CC1C=CC(N)C1. The van der Waals surface area contributed by atoms with Gasteiger partial charge in [-0.1, -0.05) is 26.0 Å². The molecule has 1 aliphatic rings. The van der Waals surface area contributed by atoms with Crippen LogP contribution in [-0.2, 0) is 0 Å². The summed E-state index contributed by atoms with van der Waals surface area (Å²) in [4.78, 5) is 2.47. The van der Waals surface area contributed by atoms with E-state index in [0.29, 0.717) is 18.0 Å². The lowest BCUT2D eigenvalue weighted by Gasteiger charge is -2.28. The third kappa shape index (κ3) is 4.35. The Hall–Kier alpha value is -0.340. The monoisotopic (exact) mass is 210 g/mol. The molecular weight excluding hydrogens is 184 g/mol. The first-order valence-corrected chi connectivity index (χ1v) is 6.13. The minimum Gasteiger partial charge on any atom is -0.324 e. The molecule has 0 aromatic carbocycles. The maximum absolute atomic E-state index is 5.85.